The van der Waals surface area contributed by atoms with Gasteiger partial charge >= 0.3 is 6.09 Å². The number of carbonyl (C=O) groups excluding carboxylic acids is 1. The number of halogens is 1. The number of amides is 1. The summed E-state index contributed by atoms with van der Waals surface area (Å²) in [6.07, 6.45) is 2.34. The molecule has 2 aliphatic rings. The Kier molecular flexibility index (Phi) is 4.80. The second kappa shape index (κ2) is 6.79. The van der Waals surface area contributed by atoms with Crippen LogP contribution in [-0.4, -0.2) is 41.6 Å². The molecule has 5 heteroatoms. The predicted molar refractivity (Wildman–Crippen MR) is 83.4 cm³/mol. The molecule has 3 rings (SSSR count). The third-order valence-corrected chi connectivity index (χ3v) is 4.99. The lowest BCUT2D eigenvalue weighted by Gasteiger charge is -2.33. The highest BCUT2D eigenvalue weighted by molar-refractivity contribution is 9.09. The average molecular weight is 354 g/mol. The van der Waals surface area contributed by atoms with Crippen LogP contribution in [0.2, 0.25) is 0 Å². The summed E-state index contributed by atoms with van der Waals surface area (Å²) in [6.45, 7) is 1.75. The number of hydrogen-bond donors (Lipinski definition) is 0. The Balaban J connectivity index is 1.50. The predicted octanol–water partition coefficient (Wildman–Crippen LogP) is 3.20. The topological polar surface area (TPSA) is 38.8 Å². The summed E-state index contributed by atoms with van der Waals surface area (Å²) in [7, 11) is 0. The number of carbonyl (C=O) groups is 1. The Labute approximate surface area is 133 Å². The first kappa shape index (κ1) is 14.9. The Morgan fingerprint density at radius 2 is 2.19 bits per heavy atom. The number of rotatable bonds is 3. The summed E-state index contributed by atoms with van der Waals surface area (Å²) in [5.74, 6) is 0.589. The van der Waals surface area contributed by atoms with Gasteiger partial charge in [-0.05, 0) is 24.3 Å². The summed E-state index contributed by atoms with van der Waals surface area (Å²) in [5.41, 5.74) is 1.01. The molecule has 0 saturated carbocycles. The van der Waals surface area contributed by atoms with Crippen LogP contribution in [0.15, 0.2) is 30.3 Å². The van der Waals surface area contributed by atoms with Crippen LogP contribution in [0.1, 0.15) is 18.4 Å². The number of piperidine rings is 1. The lowest BCUT2D eigenvalue weighted by atomic mass is 9.92. The van der Waals surface area contributed by atoms with Crippen molar-refractivity contribution in [2.75, 3.05) is 18.4 Å². The van der Waals surface area contributed by atoms with E-state index in [9.17, 15) is 4.79 Å². The van der Waals surface area contributed by atoms with Gasteiger partial charge in [0.05, 0.1) is 18.8 Å². The van der Waals surface area contributed by atoms with Gasteiger partial charge in [-0.3, -0.25) is 0 Å². The Morgan fingerprint density at radius 3 is 2.95 bits per heavy atom. The van der Waals surface area contributed by atoms with Crippen LogP contribution in [0.3, 0.4) is 0 Å². The molecule has 4 nitrogen and oxygen atoms in total. The van der Waals surface area contributed by atoms with Crippen LogP contribution in [-0.2, 0) is 16.1 Å². The van der Waals surface area contributed by atoms with Crippen molar-refractivity contribution in [2.45, 2.75) is 31.7 Å². The van der Waals surface area contributed by atoms with Crippen LogP contribution in [0.25, 0.3) is 0 Å². The Morgan fingerprint density at radius 1 is 1.38 bits per heavy atom. The number of fused-ring (bicyclic) bond motifs is 1. The molecule has 1 aromatic rings. The molecule has 3 unspecified atom stereocenters. The summed E-state index contributed by atoms with van der Waals surface area (Å²) in [6, 6.07) is 9.76. The van der Waals surface area contributed by atoms with E-state index < -0.39 is 0 Å². The van der Waals surface area contributed by atoms with Crippen LogP contribution >= 0.6 is 15.9 Å². The summed E-state index contributed by atoms with van der Waals surface area (Å²) < 4.78 is 11.4. The molecule has 3 atom stereocenters. The van der Waals surface area contributed by atoms with Gasteiger partial charge in [-0.25, -0.2) is 4.79 Å². The second-order valence-electron chi connectivity index (χ2n) is 5.72. The molecule has 0 bridgehead atoms. The summed E-state index contributed by atoms with van der Waals surface area (Å²) >= 11 is 3.47. The zero-order valence-corrected chi connectivity index (χ0v) is 13.5. The van der Waals surface area contributed by atoms with Crippen molar-refractivity contribution < 1.29 is 14.3 Å². The molecule has 21 heavy (non-hydrogen) atoms. The molecule has 0 spiro atoms. The molecule has 0 N–H and O–H groups in total. The molecule has 0 aromatic heterocycles. The molecule has 0 aliphatic carbocycles. The lowest BCUT2D eigenvalue weighted by Crippen LogP contribution is -2.45. The normalized spacial score (nSPS) is 28.2. The second-order valence-corrected chi connectivity index (χ2v) is 6.37. The Hall–Kier alpha value is -1.07. The van der Waals surface area contributed by atoms with Crippen molar-refractivity contribution in [3.05, 3.63) is 35.9 Å². The number of ether oxygens (including phenoxy) is 2. The first-order valence-electron chi connectivity index (χ1n) is 7.43. The van der Waals surface area contributed by atoms with Crippen molar-refractivity contribution in [1.82, 2.24) is 4.90 Å². The monoisotopic (exact) mass is 353 g/mol. The maximum Gasteiger partial charge on any atom is 0.410 e. The third kappa shape index (κ3) is 3.58. The van der Waals surface area contributed by atoms with Gasteiger partial charge in [-0.2, -0.15) is 0 Å². The third-order valence-electron chi connectivity index (χ3n) is 4.26. The van der Waals surface area contributed by atoms with Gasteiger partial charge in [0, 0.05) is 11.9 Å². The van der Waals surface area contributed by atoms with Crippen molar-refractivity contribution >= 4 is 22.0 Å². The molecular weight excluding hydrogens is 334 g/mol. The molecule has 114 valence electrons. The van der Waals surface area contributed by atoms with E-state index in [-0.39, 0.29) is 12.2 Å². The number of likely N-dealkylation sites (tertiary alicyclic amines) is 1. The molecule has 0 radical (unpaired) electrons. The molecule has 1 amide bonds. The van der Waals surface area contributed by atoms with Crippen LogP contribution in [0, 0.1) is 5.92 Å². The fourth-order valence-electron chi connectivity index (χ4n) is 3.11. The van der Waals surface area contributed by atoms with Gasteiger partial charge in [-0.1, -0.05) is 46.3 Å². The smallest absolute Gasteiger partial charge is 0.410 e. The average Bonchev–Trinajstić information content (AvgIpc) is 2.95. The summed E-state index contributed by atoms with van der Waals surface area (Å²) in [5, 5.41) is 0.873. The zero-order valence-electron chi connectivity index (χ0n) is 11.9. The highest BCUT2D eigenvalue weighted by Gasteiger charge is 2.40. The van der Waals surface area contributed by atoms with Crippen molar-refractivity contribution in [3.8, 4) is 0 Å². The molecule has 2 heterocycles. The number of alkyl halides is 1. The first-order valence-corrected chi connectivity index (χ1v) is 8.55. The minimum Gasteiger partial charge on any atom is -0.445 e. The summed E-state index contributed by atoms with van der Waals surface area (Å²) in [4.78, 5) is 13.9. The van der Waals surface area contributed by atoms with E-state index in [0.29, 0.717) is 25.2 Å². The van der Waals surface area contributed by atoms with E-state index in [1.54, 1.807) is 4.90 Å². The minimum atomic E-state index is -0.233. The SMILES string of the molecule is O=C(OCc1ccccc1)N1CCC2CC(CBr)OC2C1. The highest BCUT2D eigenvalue weighted by Crippen LogP contribution is 2.34. The van der Waals surface area contributed by atoms with Gasteiger partial charge in [0.25, 0.3) is 0 Å². The van der Waals surface area contributed by atoms with E-state index >= 15 is 0 Å². The maximum atomic E-state index is 12.1. The first-order chi connectivity index (χ1) is 10.3. The van der Waals surface area contributed by atoms with E-state index in [1.807, 2.05) is 30.3 Å². The lowest BCUT2D eigenvalue weighted by molar-refractivity contribution is -0.00194. The molecule has 1 aromatic carbocycles. The van der Waals surface area contributed by atoms with E-state index in [4.69, 9.17) is 9.47 Å². The minimum absolute atomic E-state index is 0.172. The fraction of sp³-hybridized carbons (Fsp3) is 0.562. The van der Waals surface area contributed by atoms with Crippen LogP contribution in [0.4, 0.5) is 4.79 Å². The van der Waals surface area contributed by atoms with Crippen molar-refractivity contribution in [2.24, 2.45) is 5.92 Å². The standard InChI is InChI=1S/C16H20BrNO3/c17-9-14-8-13-6-7-18(10-15(13)21-14)16(19)20-11-12-4-2-1-3-5-12/h1-5,13-15H,6-11H2. The van der Waals surface area contributed by atoms with Gasteiger partial charge in [0.2, 0.25) is 0 Å². The fourth-order valence-corrected chi connectivity index (χ4v) is 3.52. The Bertz CT molecular complexity index is 482. The van der Waals surface area contributed by atoms with Crippen molar-refractivity contribution in [1.29, 1.82) is 0 Å². The van der Waals surface area contributed by atoms with Crippen molar-refractivity contribution in [3.63, 3.8) is 0 Å². The highest BCUT2D eigenvalue weighted by atomic mass is 79.9. The molecule has 2 aliphatic heterocycles. The molecular formula is C16H20BrNO3. The van der Waals surface area contributed by atoms with Gasteiger partial charge < -0.3 is 14.4 Å². The number of benzene rings is 1. The van der Waals surface area contributed by atoms with E-state index in [1.165, 1.54) is 0 Å². The van der Waals surface area contributed by atoms with Gasteiger partial charge in [-0.15, -0.1) is 0 Å². The van der Waals surface area contributed by atoms with Crippen LogP contribution in [0.5, 0.6) is 0 Å². The number of hydrogen-bond acceptors (Lipinski definition) is 3. The van der Waals surface area contributed by atoms with E-state index in [0.717, 1.165) is 30.3 Å². The van der Waals surface area contributed by atoms with Gasteiger partial charge in [0.1, 0.15) is 6.61 Å². The molecule has 2 saturated heterocycles. The number of nitrogens with zero attached hydrogens (tertiary/aromatic N) is 1. The molecule has 2 fully saturated rings. The quantitative estimate of drug-likeness (QED) is 0.783. The maximum absolute atomic E-state index is 12.1. The van der Waals surface area contributed by atoms with Crippen LogP contribution < -0.4 is 0 Å². The van der Waals surface area contributed by atoms with E-state index in [2.05, 4.69) is 15.9 Å². The van der Waals surface area contributed by atoms with Gasteiger partial charge in [0.15, 0.2) is 0 Å². The largest absolute Gasteiger partial charge is 0.445 e. The zero-order chi connectivity index (χ0) is 14.7.